The van der Waals surface area contributed by atoms with Crippen molar-refractivity contribution in [2.75, 3.05) is 12.3 Å². The quantitative estimate of drug-likeness (QED) is 0.838. The number of halogens is 1. The Balaban J connectivity index is 2.22. The van der Waals surface area contributed by atoms with Crippen molar-refractivity contribution in [3.05, 3.63) is 29.6 Å². The monoisotopic (exact) mass is 250 g/mol. The molecule has 2 rings (SSSR count). The average Bonchev–Trinajstić information content (AvgIpc) is 2.83. The van der Waals surface area contributed by atoms with Crippen LogP contribution in [0, 0.1) is 5.82 Å². The van der Waals surface area contributed by atoms with E-state index in [0.717, 1.165) is 25.7 Å². The third-order valence-electron chi connectivity index (χ3n) is 3.59. The maximum atomic E-state index is 13.8. The summed E-state index contributed by atoms with van der Waals surface area (Å²) < 4.78 is 13.8. The summed E-state index contributed by atoms with van der Waals surface area (Å²) in [6, 6.07) is 4.51. The lowest BCUT2D eigenvalue weighted by molar-refractivity contribution is 0.0689. The zero-order valence-electron chi connectivity index (χ0n) is 10.7. The number of carbonyl (C=O) groups is 1. The highest BCUT2D eigenvalue weighted by atomic mass is 19.1. The molecule has 1 fully saturated rings. The number of nitrogens with zero attached hydrogens (tertiary/aromatic N) is 1. The van der Waals surface area contributed by atoms with Gasteiger partial charge in [0.1, 0.15) is 5.82 Å². The van der Waals surface area contributed by atoms with Gasteiger partial charge < -0.3 is 10.6 Å². The van der Waals surface area contributed by atoms with Crippen LogP contribution in [0.4, 0.5) is 10.1 Å². The molecule has 18 heavy (non-hydrogen) atoms. The molecule has 1 aromatic carbocycles. The number of benzene rings is 1. The molecule has 0 bridgehead atoms. The number of anilines is 1. The van der Waals surface area contributed by atoms with Gasteiger partial charge in [0.2, 0.25) is 0 Å². The number of nitrogens with two attached hydrogens (primary N) is 1. The molecule has 98 valence electrons. The van der Waals surface area contributed by atoms with E-state index in [1.165, 1.54) is 12.1 Å². The van der Waals surface area contributed by atoms with Crippen LogP contribution in [0.15, 0.2) is 18.2 Å². The van der Waals surface area contributed by atoms with Crippen LogP contribution in [0.1, 0.15) is 43.0 Å². The number of nitrogen functional groups attached to an aromatic ring is 1. The van der Waals surface area contributed by atoms with Gasteiger partial charge in [-0.3, -0.25) is 4.79 Å². The minimum absolute atomic E-state index is 0.123. The van der Waals surface area contributed by atoms with Gasteiger partial charge in [0.05, 0.1) is 5.56 Å². The van der Waals surface area contributed by atoms with Crippen molar-refractivity contribution in [2.45, 2.75) is 38.6 Å². The number of carbonyl (C=O) groups excluding carboxylic acids is 1. The lowest BCUT2D eigenvalue weighted by atomic mass is 10.1. The van der Waals surface area contributed by atoms with Crippen molar-refractivity contribution in [1.29, 1.82) is 0 Å². The van der Waals surface area contributed by atoms with Gasteiger partial charge in [-0.15, -0.1) is 0 Å². The first-order chi connectivity index (χ1) is 8.63. The summed E-state index contributed by atoms with van der Waals surface area (Å²) in [4.78, 5) is 14.1. The average molecular weight is 250 g/mol. The van der Waals surface area contributed by atoms with Crippen LogP contribution < -0.4 is 5.73 Å². The maximum Gasteiger partial charge on any atom is 0.257 e. The second-order valence-corrected chi connectivity index (χ2v) is 4.77. The molecule has 1 saturated carbocycles. The van der Waals surface area contributed by atoms with E-state index in [2.05, 4.69) is 0 Å². The van der Waals surface area contributed by atoms with Crippen LogP contribution in [0.25, 0.3) is 0 Å². The van der Waals surface area contributed by atoms with Crippen molar-refractivity contribution in [1.82, 2.24) is 4.90 Å². The summed E-state index contributed by atoms with van der Waals surface area (Å²) in [5.74, 6) is -0.752. The Morgan fingerprint density at radius 1 is 1.44 bits per heavy atom. The molecule has 0 unspecified atom stereocenters. The zero-order chi connectivity index (χ0) is 13.1. The van der Waals surface area contributed by atoms with Crippen LogP contribution >= 0.6 is 0 Å². The van der Waals surface area contributed by atoms with Crippen molar-refractivity contribution >= 4 is 11.6 Å². The minimum Gasteiger partial charge on any atom is -0.399 e. The summed E-state index contributed by atoms with van der Waals surface area (Å²) >= 11 is 0. The van der Waals surface area contributed by atoms with E-state index in [1.807, 2.05) is 6.92 Å². The molecule has 1 aliphatic rings. The Labute approximate surface area is 107 Å². The zero-order valence-corrected chi connectivity index (χ0v) is 10.7. The molecular weight excluding hydrogens is 231 g/mol. The first kappa shape index (κ1) is 12.9. The topological polar surface area (TPSA) is 46.3 Å². The fraction of sp³-hybridized carbons (Fsp3) is 0.500. The summed E-state index contributed by atoms with van der Waals surface area (Å²) in [5.41, 5.74) is 5.96. The van der Waals surface area contributed by atoms with Crippen molar-refractivity contribution in [2.24, 2.45) is 0 Å². The normalized spacial score (nSPS) is 15.9. The maximum absolute atomic E-state index is 13.8. The first-order valence-corrected chi connectivity index (χ1v) is 6.49. The van der Waals surface area contributed by atoms with Crippen LogP contribution in [0.2, 0.25) is 0 Å². The summed E-state index contributed by atoms with van der Waals surface area (Å²) in [6.07, 6.45) is 4.35. The van der Waals surface area contributed by atoms with Crippen molar-refractivity contribution in [3.8, 4) is 0 Å². The molecular formula is C14H19FN2O. The molecule has 0 aromatic heterocycles. The van der Waals surface area contributed by atoms with Crippen molar-refractivity contribution < 1.29 is 9.18 Å². The Morgan fingerprint density at radius 3 is 2.67 bits per heavy atom. The van der Waals surface area contributed by atoms with E-state index in [9.17, 15) is 9.18 Å². The Kier molecular flexibility index (Phi) is 3.84. The fourth-order valence-corrected chi connectivity index (χ4v) is 2.64. The summed E-state index contributed by atoms with van der Waals surface area (Å²) in [5, 5.41) is 0. The molecule has 0 spiro atoms. The Bertz CT molecular complexity index is 441. The predicted octanol–water partition coefficient (Wildman–Crippen LogP) is 2.81. The van der Waals surface area contributed by atoms with E-state index >= 15 is 0 Å². The number of rotatable bonds is 3. The Morgan fingerprint density at radius 2 is 2.11 bits per heavy atom. The molecule has 0 radical (unpaired) electrons. The van der Waals surface area contributed by atoms with E-state index in [1.54, 1.807) is 11.0 Å². The van der Waals surface area contributed by atoms with E-state index in [-0.39, 0.29) is 17.5 Å². The van der Waals surface area contributed by atoms with Gasteiger partial charge in [0.15, 0.2) is 0 Å². The second-order valence-electron chi connectivity index (χ2n) is 4.77. The van der Waals surface area contributed by atoms with Crippen LogP contribution in [-0.4, -0.2) is 23.4 Å². The number of amides is 1. The highest BCUT2D eigenvalue weighted by Gasteiger charge is 2.27. The van der Waals surface area contributed by atoms with Crippen LogP contribution in [0.3, 0.4) is 0 Å². The molecule has 3 nitrogen and oxygen atoms in total. The van der Waals surface area contributed by atoms with Gasteiger partial charge in [-0.1, -0.05) is 12.8 Å². The molecule has 0 saturated heterocycles. The molecule has 0 heterocycles. The second kappa shape index (κ2) is 5.38. The molecule has 0 aliphatic heterocycles. The summed E-state index contributed by atoms with van der Waals surface area (Å²) in [6.45, 7) is 2.55. The van der Waals surface area contributed by atoms with Gasteiger partial charge in [-0.25, -0.2) is 4.39 Å². The largest absolute Gasteiger partial charge is 0.399 e. The third-order valence-corrected chi connectivity index (χ3v) is 3.59. The highest BCUT2D eigenvalue weighted by molar-refractivity contribution is 5.95. The number of hydrogen-bond acceptors (Lipinski definition) is 2. The van der Waals surface area contributed by atoms with Gasteiger partial charge in [0.25, 0.3) is 5.91 Å². The van der Waals surface area contributed by atoms with E-state index in [4.69, 9.17) is 5.73 Å². The minimum atomic E-state index is -0.531. The van der Waals surface area contributed by atoms with E-state index in [0.29, 0.717) is 12.2 Å². The molecule has 1 aromatic rings. The smallest absolute Gasteiger partial charge is 0.257 e. The van der Waals surface area contributed by atoms with Gasteiger partial charge in [0, 0.05) is 18.3 Å². The lowest BCUT2D eigenvalue weighted by Crippen LogP contribution is -2.39. The fourth-order valence-electron chi connectivity index (χ4n) is 2.64. The van der Waals surface area contributed by atoms with Crippen molar-refractivity contribution in [3.63, 3.8) is 0 Å². The van der Waals surface area contributed by atoms with Gasteiger partial charge in [-0.05, 0) is 38.0 Å². The molecule has 1 aliphatic carbocycles. The standard InChI is InChI=1S/C14H19FN2O/c1-2-17(11-5-3-4-6-11)14(18)12-8-7-10(16)9-13(12)15/h7-9,11H,2-6,16H2,1H3. The predicted molar refractivity (Wildman–Crippen MR) is 69.8 cm³/mol. The number of hydrogen-bond donors (Lipinski definition) is 1. The van der Waals surface area contributed by atoms with E-state index < -0.39 is 5.82 Å². The van der Waals surface area contributed by atoms with Crippen LogP contribution in [-0.2, 0) is 0 Å². The van der Waals surface area contributed by atoms with Crippen LogP contribution in [0.5, 0.6) is 0 Å². The molecule has 1 amide bonds. The SMILES string of the molecule is CCN(C(=O)c1ccc(N)cc1F)C1CCCC1. The molecule has 4 heteroatoms. The highest BCUT2D eigenvalue weighted by Crippen LogP contribution is 2.25. The molecule has 2 N–H and O–H groups in total. The molecule has 0 atom stereocenters. The Hall–Kier alpha value is -1.58. The third kappa shape index (κ3) is 2.47. The van der Waals surface area contributed by atoms with Gasteiger partial charge in [-0.2, -0.15) is 0 Å². The summed E-state index contributed by atoms with van der Waals surface area (Å²) in [7, 11) is 0. The van der Waals surface area contributed by atoms with Gasteiger partial charge >= 0.3 is 0 Å². The first-order valence-electron chi connectivity index (χ1n) is 6.49. The lowest BCUT2D eigenvalue weighted by Gasteiger charge is -2.27.